The molecule has 0 aliphatic carbocycles. The SMILES string of the molecule is COC(=O)c1cccc(-c2nnn3c2CN(C(=O)C[C@H](N)Cc2cc(F)c(F)cc2F)CC3)c1. The van der Waals surface area contributed by atoms with Crippen LogP contribution in [-0.2, 0) is 29.0 Å². The highest BCUT2D eigenvalue weighted by Gasteiger charge is 2.27. The number of nitrogens with two attached hydrogens (primary N) is 1. The lowest BCUT2D eigenvalue weighted by molar-refractivity contribution is -0.133. The fraction of sp³-hybridized carbons (Fsp3) is 0.304. The number of carbonyl (C=O) groups is 2. The van der Waals surface area contributed by atoms with Gasteiger partial charge in [0.2, 0.25) is 5.91 Å². The largest absolute Gasteiger partial charge is 0.465 e. The van der Waals surface area contributed by atoms with Crippen LogP contribution in [-0.4, -0.2) is 51.5 Å². The Labute approximate surface area is 193 Å². The number of benzene rings is 2. The first-order valence-electron chi connectivity index (χ1n) is 10.5. The molecule has 0 saturated heterocycles. The van der Waals surface area contributed by atoms with E-state index < -0.39 is 29.5 Å². The first-order chi connectivity index (χ1) is 16.3. The number of carbonyl (C=O) groups excluding carboxylic acids is 2. The summed E-state index contributed by atoms with van der Waals surface area (Å²) < 4.78 is 47.0. The van der Waals surface area contributed by atoms with Gasteiger partial charge in [0, 0.05) is 30.6 Å². The summed E-state index contributed by atoms with van der Waals surface area (Å²) >= 11 is 0. The molecule has 1 aliphatic heterocycles. The standard InChI is InChI=1S/C23H22F3N5O3/c1-34-23(33)14-4-2-3-13(7-14)22-20-12-30(5-6-31(20)29-28-22)21(32)10-16(27)8-15-9-18(25)19(26)11-17(15)24/h2-4,7,9,11,16H,5-6,8,10,12,27H2,1H3/t16-/m1/s1. The van der Waals surface area contributed by atoms with Crippen molar-refractivity contribution in [2.75, 3.05) is 13.7 Å². The molecule has 2 heterocycles. The van der Waals surface area contributed by atoms with Crippen LogP contribution in [0.15, 0.2) is 36.4 Å². The Bertz CT molecular complexity index is 1250. The van der Waals surface area contributed by atoms with Crippen molar-refractivity contribution in [3.63, 3.8) is 0 Å². The van der Waals surface area contributed by atoms with Crippen molar-refractivity contribution in [1.82, 2.24) is 19.9 Å². The summed E-state index contributed by atoms with van der Waals surface area (Å²) in [5.74, 6) is -4.11. The van der Waals surface area contributed by atoms with Crippen molar-refractivity contribution < 1.29 is 27.5 Å². The molecule has 1 atom stereocenters. The van der Waals surface area contributed by atoms with Crippen molar-refractivity contribution in [3.05, 3.63) is 70.7 Å². The normalized spacial score (nSPS) is 14.0. The summed E-state index contributed by atoms with van der Waals surface area (Å²) in [6, 6.07) is 7.19. The second-order valence-corrected chi connectivity index (χ2v) is 8.02. The predicted molar refractivity (Wildman–Crippen MR) is 115 cm³/mol. The zero-order valence-corrected chi connectivity index (χ0v) is 18.3. The lowest BCUT2D eigenvalue weighted by Crippen LogP contribution is -2.41. The molecule has 0 radical (unpaired) electrons. The molecular formula is C23H22F3N5O3. The van der Waals surface area contributed by atoms with E-state index >= 15 is 0 Å². The molecule has 4 rings (SSSR count). The molecule has 1 amide bonds. The Morgan fingerprint density at radius 2 is 1.88 bits per heavy atom. The molecule has 34 heavy (non-hydrogen) atoms. The van der Waals surface area contributed by atoms with Crippen LogP contribution in [0.4, 0.5) is 13.2 Å². The Morgan fingerprint density at radius 1 is 1.12 bits per heavy atom. The smallest absolute Gasteiger partial charge is 0.337 e. The lowest BCUT2D eigenvalue weighted by atomic mass is 10.0. The van der Waals surface area contributed by atoms with Gasteiger partial charge in [-0.05, 0) is 30.2 Å². The van der Waals surface area contributed by atoms with Gasteiger partial charge in [-0.15, -0.1) is 5.10 Å². The maximum atomic E-state index is 13.9. The van der Waals surface area contributed by atoms with Gasteiger partial charge in [0.05, 0.1) is 31.5 Å². The van der Waals surface area contributed by atoms with Crippen LogP contribution in [0.3, 0.4) is 0 Å². The Kier molecular flexibility index (Phi) is 6.64. The van der Waals surface area contributed by atoms with Crippen molar-refractivity contribution in [2.45, 2.75) is 32.0 Å². The number of fused-ring (bicyclic) bond motifs is 1. The first kappa shape index (κ1) is 23.4. The molecule has 1 aromatic heterocycles. The van der Waals surface area contributed by atoms with Crippen molar-refractivity contribution in [2.24, 2.45) is 5.73 Å². The molecule has 0 unspecified atom stereocenters. The van der Waals surface area contributed by atoms with Crippen LogP contribution < -0.4 is 5.73 Å². The number of aromatic nitrogens is 3. The fourth-order valence-corrected chi connectivity index (χ4v) is 3.92. The second-order valence-electron chi connectivity index (χ2n) is 8.02. The molecule has 8 nitrogen and oxygen atoms in total. The number of ether oxygens (including phenoxy) is 1. The third-order valence-corrected chi connectivity index (χ3v) is 5.68. The number of halogens is 3. The number of hydrogen-bond donors (Lipinski definition) is 1. The molecule has 1 aliphatic rings. The van der Waals surface area contributed by atoms with Crippen molar-refractivity contribution in [1.29, 1.82) is 0 Å². The molecule has 11 heteroatoms. The van der Waals surface area contributed by atoms with E-state index in [4.69, 9.17) is 10.5 Å². The van der Waals surface area contributed by atoms with Gasteiger partial charge in [0.25, 0.3) is 0 Å². The van der Waals surface area contributed by atoms with Gasteiger partial charge >= 0.3 is 5.97 Å². The highest BCUT2D eigenvalue weighted by molar-refractivity contribution is 5.90. The third kappa shape index (κ3) is 4.79. The quantitative estimate of drug-likeness (QED) is 0.436. The number of nitrogens with zero attached hydrogens (tertiary/aromatic N) is 4. The number of esters is 1. The van der Waals surface area contributed by atoms with Crippen molar-refractivity contribution >= 4 is 11.9 Å². The van der Waals surface area contributed by atoms with Crippen LogP contribution in [0, 0.1) is 17.5 Å². The summed E-state index contributed by atoms with van der Waals surface area (Å²) in [6.45, 7) is 1.01. The van der Waals surface area contributed by atoms with Gasteiger partial charge < -0.3 is 15.4 Å². The average Bonchev–Trinajstić information content (AvgIpc) is 3.25. The monoisotopic (exact) mass is 473 g/mol. The molecule has 0 bridgehead atoms. The highest BCUT2D eigenvalue weighted by Crippen LogP contribution is 2.26. The van der Waals surface area contributed by atoms with E-state index in [0.717, 1.165) is 6.07 Å². The third-order valence-electron chi connectivity index (χ3n) is 5.68. The minimum atomic E-state index is -1.28. The lowest BCUT2D eigenvalue weighted by Gasteiger charge is -2.28. The predicted octanol–water partition coefficient (Wildman–Crippen LogP) is 2.45. The zero-order valence-electron chi connectivity index (χ0n) is 18.3. The first-order valence-corrected chi connectivity index (χ1v) is 10.5. The second kappa shape index (κ2) is 9.64. The number of methoxy groups -OCH3 is 1. The highest BCUT2D eigenvalue weighted by atomic mass is 19.2. The van der Waals surface area contributed by atoms with Crippen LogP contribution in [0.5, 0.6) is 0 Å². The minimum Gasteiger partial charge on any atom is -0.465 e. The number of amides is 1. The van der Waals surface area contributed by atoms with Gasteiger partial charge in [0.1, 0.15) is 11.5 Å². The van der Waals surface area contributed by atoms with E-state index in [9.17, 15) is 22.8 Å². The summed E-state index contributed by atoms with van der Waals surface area (Å²) in [5.41, 5.74) is 8.18. The molecule has 2 N–H and O–H groups in total. The van der Waals surface area contributed by atoms with Crippen LogP contribution in [0.25, 0.3) is 11.3 Å². The van der Waals surface area contributed by atoms with E-state index in [1.54, 1.807) is 33.8 Å². The molecule has 178 valence electrons. The minimum absolute atomic E-state index is 0.0899. The van der Waals surface area contributed by atoms with E-state index in [0.29, 0.717) is 41.7 Å². The van der Waals surface area contributed by atoms with Gasteiger partial charge in [-0.3, -0.25) is 4.79 Å². The molecule has 3 aromatic rings. The number of hydrogen-bond acceptors (Lipinski definition) is 6. The van der Waals surface area contributed by atoms with Crippen molar-refractivity contribution in [3.8, 4) is 11.3 Å². The van der Waals surface area contributed by atoms with Crippen LogP contribution in [0.1, 0.15) is 28.0 Å². The summed E-state index contributed by atoms with van der Waals surface area (Å²) in [4.78, 5) is 26.3. The van der Waals surface area contributed by atoms with E-state index in [1.807, 2.05) is 0 Å². The maximum absolute atomic E-state index is 13.9. The summed E-state index contributed by atoms with van der Waals surface area (Å²) in [5, 5.41) is 8.36. The Morgan fingerprint density at radius 3 is 2.65 bits per heavy atom. The average molecular weight is 473 g/mol. The van der Waals surface area contributed by atoms with Gasteiger partial charge in [-0.1, -0.05) is 17.3 Å². The van der Waals surface area contributed by atoms with Gasteiger partial charge in [-0.2, -0.15) is 0 Å². The molecule has 2 aromatic carbocycles. The van der Waals surface area contributed by atoms with Gasteiger partial charge in [0.15, 0.2) is 11.6 Å². The molecular weight excluding hydrogens is 451 g/mol. The van der Waals surface area contributed by atoms with Gasteiger partial charge in [-0.25, -0.2) is 22.6 Å². The molecule has 0 spiro atoms. The number of rotatable bonds is 6. The fourth-order valence-electron chi connectivity index (χ4n) is 3.92. The Balaban J connectivity index is 1.46. The topological polar surface area (TPSA) is 103 Å². The van der Waals surface area contributed by atoms with Crippen LogP contribution >= 0.6 is 0 Å². The summed E-state index contributed by atoms with van der Waals surface area (Å²) in [7, 11) is 1.30. The molecule has 0 fully saturated rings. The van der Waals surface area contributed by atoms with E-state index in [2.05, 4.69) is 10.3 Å². The van der Waals surface area contributed by atoms with Crippen LogP contribution in [0.2, 0.25) is 0 Å². The summed E-state index contributed by atoms with van der Waals surface area (Å²) in [6.07, 6.45) is -0.221. The van der Waals surface area contributed by atoms with E-state index in [1.165, 1.54) is 7.11 Å². The molecule has 0 saturated carbocycles. The van der Waals surface area contributed by atoms with E-state index in [-0.39, 0.29) is 30.9 Å². The maximum Gasteiger partial charge on any atom is 0.337 e. The Hall–Kier alpha value is -3.73. The zero-order chi connectivity index (χ0) is 24.4.